The molecule has 1 atom stereocenters. The van der Waals surface area contributed by atoms with Gasteiger partial charge in [-0.3, -0.25) is 14.3 Å². The van der Waals surface area contributed by atoms with Crippen LogP contribution in [-0.4, -0.2) is 24.5 Å². The van der Waals surface area contributed by atoms with Gasteiger partial charge in [0.25, 0.3) is 5.56 Å². The lowest BCUT2D eigenvalue weighted by Crippen LogP contribution is -2.28. The normalized spacial score (nSPS) is 11.8. The third-order valence-corrected chi connectivity index (χ3v) is 5.28. The van der Waals surface area contributed by atoms with Crippen LogP contribution in [0.25, 0.3) is 16.6 Å². The van der Waals surface area contributed by atoms with Crippen molar-refractivity contribution in [2.24, 2.45) is 0 Å². The summed E-state index contributed by atoms with van der Waals surface area (Å²) in [6.07, 6.45) is 3.10. The van der Waals surface area contributed by atoms with Crippen molar-refractivity contribution in [2.75, 3.05) is 16.8 Å². The van der Waals surface area contributed by atoms with Gasteiger partial charge in [0.1, 0.15) is 23.3 Å². The summed E-state index contributed by atoms with van der Waals surface area (Å²) >= 11 is 12.6. The summed E-state index contributed by atoms with van der Waals surface area (Å²) in [6.45, 7) is 1.73. The van der Waals surface area contributed by atoms with Crippen molar-refractivity contribution < 1.29 is 0 Å². The number of nitrogens with one attached hydrogen (secondary N) is 1. The number of nitrogens with two attached hydrogens (primary N) is 2. The van der Waals surface area contributed by atoms with Gasteiger partial charge in [-0.25, -0.2) is 4.98 Å². The number of nitriles is 1. The van der Waals surface area contributed by atoms with E-state index in [0.29, 0.717) is 5.69 Å². The molecule has 12 heteroatoms. The van der Waals surface area contributed by atoms with E-state index in [9.17, 15) is 10.1 Å². The molecule has 0 fully saturated rings. The van der Waals surface area contributed by atoms with Crippen molar-refractivity contribution in [2.45, 2.75) is 13.0 Å². The van der Waals surface area contributed by atoms with E-state index in [0.717, 1.165) is 0 Å². The molecule has 0 amide bonds. The molecule has 0 aliphatic heterocycles. The first-order valence-corrected chi connectivity index (χ1v) is 9.98. The summed E-state index contributed by atoms with van der Waals surface area (Å²) in [5.41, 5.74) is 11.8. The molecule has 0 spiro atoms. The standard InChI is InChI=1S/C20H15Cl2N9O/c1-9(27-17-11(7-23)16(24)29-20(25)30-17)18-28-15-13(22)5-4-12(21)14(15)19(32)31(18)10-3-2-6-26-8-10/h2-6,8-9H,1H3,(H5,24,25,27,29,30). The van der Waals surface area contributed by atoms with E-state index in [-0.39, 0.29) is 49.9 Å². The van der Waals surface area contributed by atoms with Crippen molar-refractivity contribution >= 4 is 51.7 Å². The average molecular weight is 468 g/mol. The lowest BCUT2D eigenvalue weighted by Gasteiger charge is -2.21. The molecule has 4 aromatic rings. The summed E-state index contributed by atoms with van der Waals surface area (Å²) in [4.78, 5) is 30.1. The Morgan fingerprint density at radius 3 is 2.59 bits per heavy atom. The van der Waals surface area contributed by atoms with Crippen molar-refractivity contribution in [3.8, 4) is 11.8 Å². The Morgan fingerprint density at radius 1 is 1.16 bits per heavy atom. The highest BCUT2D eigenvalue weighted by Crippen LogP contribution is 2.29. The van der Waals surface area contributed by atoms with Crippen LogP contribution in [0.5, 0.6) is 0 Å². The lowest BCUT2D eigenvalue weighted by molar-refractivity contribution is 0.729. The van der Waals surface area contributed by atoms with Gasteiger partial charge in [-0.05, 0) is 31.2 Å². The molecular formula is C20H15Cl2N9O. The fourth-order valence-corrected chi connectivity index (χ4v) is 3.67. The molecular weight excluding hydrogens is 453 g/mol. The van der Waals surface area contributed by atoms with Crippen molar-refractivity contribution in [1.82, 2.24) is 24.5 Å². The highest BCUT2D eigenvalue weighted by molar-refractivity contribution is 6.39. The largest absolute Gasteiger partial charge is 0.382 e. The molecule has 1 aromatic carbocycles. The molecule has 0 saturated carbocycles. The molecule has 1 unspecified atom stereocenters. The predicted octanol–water partition coefficient (Wildman–Crippen LogP) is 3.09. The summed E-state index contributed by atoms with van der Waals surface area (Å²) in [5, 5.41) is 13.2. The third kappa shape index (κ3) is 3.64. The van der Waals surface area contributed by atoms with Crippen LogP contribution in [-0.2, 0) is 0 Å². The summed E-state index contributed by atoms with van der Waals surface area (Å²) in [7, 11) is 0. The number of nitrogens with zero attached hydrogens (tertiary/aromatic N) is 6. The maximum absolute atomic E-state index is 13.5. The molecule has 3 heterocycles. The number of hydrogen-bond donors (Lipinski definition) is 3. The van der Waals surface area contributed by atoms with Crippen LogP contribution in [0.15, 0.2) is 41.5 Å². The Hall–Kier alpha value is -3.94. The molecule has 0 bridgehead atoms. The first kappa shape index (κ1) is 21.3. The van der Waals surface area contributed by atoms with Crippen molar-refractivity contribution in [3.05, 3.63) is 68.4 Å². The zero-order chi connectivity index (χ0) is 23.0. The summed E-state index contributed by atoms with van der Waals surface area (Å²) in [6, 6.07) is 7.79. The fourth-order valence-electron chi connectivity index (χ4n) is 3.24. The van der Waals surface area contributed by atoms with Crippen LogP contribution >= 0.6 is 23.2 Å². The van der Waals surface area contributed by atoms with Gasteiger partial charge in [0, 0.05) is 6.20 Å². The first-order chi connectivity index (χ1) is 15.3. The van der Waals surface area contributed by atoms with Crippen molar-refractivity contribution in [3.63, 3.8) is 0 Å². The van der Waals surface area contributed by atoms with Gasteiger partial charge in [0.2, 0.25) is 5.95 Å². The van der Waals surface area contributed by atoms with Gasteiger partial charge >= 0.3 is 0 Å². The van der Waals surface area contributed by atoms with E-state index >= 15 is 0 Å². The molecule has 5 N–H and O–H groups in total. The van der Waals surface area contributed by atoms with Gasteiger partial charge in [-0.2, -0.15) is 15.2 Å². The van der Waals surface area contributed by atoms with Crippen LogP contribution in [0.3, 0.4) is 0 Å². The number of aromatic nitrogens is 5. The molecule has 32 heavy (non-hydrogen) atoms. The molecule has 0 aliphatic carbocycles. The van der Waals surface area contributed by atoms with E-state index < -0.39 is 11.6 Å². The van der Waals surface area contributed by atoms with Crippen LogP contribution in [0, 0.1) is 11.3 Å². The van der Waals surface area contributed by atoms with E-state index in [2.05, 4.69) is 25.3 Å². The SMILES string of the molecule is CC(Nc1nc(N)nc(N)c1C#N)c1nc2c(Cl)ccc(Cl)c2c(=O)n1-c1cccnc1. The van der Waals surface area contributed by atoms with Crippen LogP contribution in [0.1, 0.15) is 24.4 Å². The van der Waals surface area contributed by atoms with Gasteiger partial charge in [-0.1, -0.05) is 23.2 Å². The summed E-state index contributed by atoms with van der Waals surface area (Å²) in [5.74, 6) is 0.205. The highest BCUT2D eigenvalue weighted by atomic mass is 35.5. The first-order valence-electron chi connectivity index (χ1n) is 9.22. The molecule has 4 rings (SSSR count). The molecule has 0 saturated heterocycles. The number of benzene rings is 1. The fraction of sp³-hybridized carbons (Fsp3) is 0.100. The Balaban J connectivity index is 1.97. The Morgan fingerprint density at radius 2 is 1.91 bits per heavy atom. The number of fused-ring (bicyclic) bond motifs is 1. The average Bonchev–Trinajstić information content (AvgIpc) is 2.76. The van der Waals surface area contributed by atoms with Crippen molar-refractivity contribution in [1.29, 1.82) is 5.26 Å². The maximum Gasteiger partial charge on any atom is 0.267 e. The maximum atomic E-state index is 13.5. The molecule has 160 valence electrons. The smallest absolute Gasteiger partial charge is 0.267 e. The number of halogens is 2. The Bertz CT molecular complexity index is 1450. The lowest BCUT2D eigenvalue weighted by atomic mass is 10.2. The van der Waals surface area contributed by atoms with Gasteiger partial charge in [0.15, 0.2) is 5.82 Å². The number of nitrogen functional groups attached to an aromatic ring is 2. The molecule has 0 aliphatic rings. The molecule has 0 radical (unpaired) electrons. The Kier molecular flexibility index (Phi) is 5.52. The van der Waals surface area contributed by atoms with Gasteiger partial charge in [-0.15, -0.1) is 0 Å². The zero-order valence-corrected chi connectivity index (χ0v) is 18.1. The minimum Gasteiger partial charge on any atom is -0.382 e. The minimum absolute atomic E-state index is 0.0168. The summed E-state index contributed by atoms with van der Waals surface area (Å²) < 4.78 is 1.37. The number of pyridine rings is 1. The third-order valence-electron chi connectivity index (χ3n) is 4.66. The predicted molar refractivity (Wildman–Crippen MR) is 123 cm³/mol. The number of hydrogen-bond acceptors (Lipinski definition) is 9. The number of anilines is 3. The second-order valence-corrected chi connectivity index (χ2v) is 7.56. The van der Waals surface area contributed by atoms with E-state index in [1.54, 1.807) is 31.3 Å². The molecule has 10 nitrogen and oxygen atoms in total. The molecule has 3 aromatic heterocycles. The number of rotatable bonds is 4. The van der Waals surface area contributed by atoms with Crippen LogP contribution in [0.4, 0.5) is 17.6 Å². The minimum atomic E-state index is -0.650. The second-order valence-electron chi connectivity index (χ2n) is 6.74. The Labute approximate surface area is 191 Å². The second kappa shape index (κ2) is 8.30. The monoisotopic (exact) mass is 467 g/mol. The van der Waals surface area contributed by atoms with E-state index in [4.69, 9.17) is 34.7 Å². The van der Waals surface area contributed by atoms with Crippen LogP contribution in [0.2, 0.25) is 10.0 Å². The van der Waals surface area contributed by atoms with Gasteiger partial charge in [0.05, 0.1) is 38.9 Å². The topological polar surface area (TPSA) is 161 Å². The van der Waals surface area contributed by atoms with E-state index in [1.807, 2.05) is 6.07 Å². The highest BCUT2D eigenvalue weighted by Gasteiger charge is 2.22. The zero-order valence-electron chi connectivity index (χ0n) is 16.5. The van der Waals surface area contributed by atoms with Gasteiger partial charge < -0.3 is 16.8 Å². The van der Waals surface area contributed by atoms with E-state index in [1.165, 1.54) is 16.8 Å². The van der Waals surface area contributed by atoms with Crippen LogP contribution < -0.4 is 22.3 Å². The quantitative estimate of drug-likeness (QED) is 0.409.